The van der Waals surface area contributed by atoms with Crippen LogP contribution in [0, 0.1) is 11.8 Å². The summed E-state index contributed by atoms with van der Waals surface area (Å²) in [5.74, 6) is 0.988. The van der Waals surface area contributed by atoms with E-state index in [-0.39, 0.29) is 16.8 Å². The Morgan fingerprint density at radius 1 is 1.44 bits per heavy atom. The molecule has 1 aromatic rings. The van der Waals surface area contributed by atoms with Crippen LogP contribution >= 0.6 is 23.2 Å². The smallest absolute Gasteiger partial charge is 0.271 e. The second-order valence-electron chi connectivity index (χ2n) is 4.84. The lowest BCUT2D eigenvalue weighted by atomic mass is 9.98. The van der Waals surface area contributed by atoms with Gasteiger partial charge in [0.25, 0.3) is 5.91 Å². The Hall–Kier alpha value is -0.800. The molecule has 3 nitrogen and oxygen atoms in total. The zero-order valence-corrected chi connectivity index (χ0v) is 11.8. The molecule has 0 aliphatic heterocycles. The number of amides is 1. The normalized spacial score (nSPS) is 23.1. The molecule has 0 radical (unpaired) electrons. The molecule has 5 heteroatoms. The van der Waals surface area contributed by atoms with Crippen molar-refractivity contribution in [1.82, 2.24) is 10.3 Å². The van der Waals surface area contributed by atoms with Crippen LogP contribution in [0.2, 0.25) is 10.2 Å². The Bertz CT molecular complexity index is 451. The van der Waals surface area contributed by atoms with Gasteiger partial charge in [-0.25, -0.2) is 4.98 Å². The molecular formula is C13H16Cl2N2O. The van der Waals surface area contributed by atoms with Crippen LogP contribution in [-0.2, 0) is 0 Å². The van der Waals surface area contributed by atoms with E-state index < -0.39 is 0 Å². The summed E-state index contributed by atoms with van der Waals surface area (Å²) >= 11 is 11.7. The molecule has 1 heterocycles. The van der Waals surface area contributed by atoms with Crippen molar-refractivity contribution in [1.29, 1.82) is 0 Å². The molecule has 1 aliphatic rings. The number of halogens is 2. The zero-order valence-electron chi connectivity index (χ0n) is 10.2. The van der Waals surface area contributed by atoms with Gasteiger partial charge in [-0.15, -0.1) is 0 Å². The van der Waals surface area contributed by atoms with Gasteiger partial charge in [0.2, 0.25) is 0 Å². The fourth-order valence-electron chi connectivity index (χ4n) is 2.41. The molecule has 0 spiro atoms. The highest BCUT2D eigenvalue weighted by Crippen LogP contribution is 2.30. The summed E-state index contributed by atoms with van der Waals surface area (Å²) in [6.07, 6.45) is 3.67. The summed E-state index contributed by atoms with van der Waals surface area (Å²) in [6.45, 7) is 2.92. The number of aromatic nitrogens is 1. The van der Waals surface area contributed by atoms with Crippen LogP contribution in [0.15, 0.2) is 12.1 Å². The van der Waals surface area contributed by atoms with Crippen molar-refractivity contribution in [3.8, 4) is 0 Å². The lowest BCUT2D eigenvalue weighted by Gasteiger charge is -2.15. The second-order valence-corrected chi connectivity index (χ2v) is 5.64. The average molecular weight is 287 g/mol. The third-order valence-electron chi connectivity index (χ3n) is 3.59. The van der Waals surface area contributed by atoms with Crippen LogP contribution in [0.5, 0.6) is 0 Å². The first-order valence-corrected chi connectivity index (χ1v) is 6.93. The summed E-state index contributed by atoms with van der Waals surface area (Å²) in [6, 6.07) is 3.16. The number of rotatable bonds is 3. The molecule has 0 bridgehead atoms. The van der Waals surface area contributed by atoms with Gasteiger partial charge in [-0.1, -0.05) is 43.0 Å². The fraction of sp³-hybridized carbons (Fsp3) is 0.538. The van der Waals surface area contributed by atoms with Crippen molar-refractivity contribution in [2.24, 2.45) is 11.8 Å². The SMILES string of the molecule is CC1CCCC1CNC(=O)c1nc(Cl)ccc1Cl. The van der Waals surface area contributed by atoms with Gasteiger partial charge in [0.15, 0.2) is 0 Å². The van der Waals surface area contributed by atoms with E-state index >= 15 is 0 Å². The van der Waals surface area contributed by atoms with Crippen molar-refractivity contribution >= 4 is 29.1 Å². The maximum atomic E-state index is 12.0. The highest BCUT2D eigenvalue weighted by Gasteiger charge is 2.24. The Balaban J connectivity index is 1.97. The predicted octanol–water partition coefficient (Wildman–Crippen LogP) is 3.55. The molecule has 0 aromatic carbocycles. The van der Waals surface area contributed by atoms with Gasteiger partial charge in [0, 0.05) is 6.54 Å². The number of carbonyl (C=O) groups is 1. The monoisotopic (exact) mass is 286 g/mol. The van der Waals surface area contributed by atoms with E-state index in [0.717, 1.165) is 0 Å². The minimum Gasteiger partial charge on any atom is -0.350 e. The molecule has 1 aromatic heterocycles. The van der Waals surface area contributed by atoms with Crippen molar-refractivity contribution in [3.05, 3.63) is 28.0 Å². The van der Waals surface area contributed by atoms with E-state index in [1.165, 1.54) is 19.3 Å². The van der Waals surface area contributed by atoms with Gasteiger partial charge in [0.05, 0.1) is 5.02 Å². The highest BCUT2D eigenvalue weighted by molar-refractivity contribution is 6.34. The van der Waals surface area contributed by atoms with Crippen molar-refractivity contribution in [2.75, 3.05) is 6.54 Å². The first-order chi connectivity index (χ1) is 8.58. The number of hydrogen-bond acceptors (Lipinski definition) is 2. The molecule has 1 N–H and O–H groups in total. The summed E-state index contributed by atoms with van der Waals surface area (Å²) in [5.41, 5.74) is 0.204. The first kappa shape index (κ1) is 13.6. The van der Waals surface area contributed by atoms with E-state index in [0.29, 0.717) is 23.4 Å². The second kappa shape index (κ2) is 5.89. The van der Waals surface area contributed by atoms with Crippen molar-refractivity contribution in [2.45, 2.75) is 26.2 Å². The van der Waals surface area contributed by atoms with Gasteiger partial charge in [0.1, 0.15) is 10.8 Å². The first-order valence-electron chi connectivity index (χ1n) is 6.18. The fourth-order valence-corrected chi connectivity index (χ4v) is 2.75. The maximum Gasteiger partial charge on any atom is 0.271 e. The van der Waals surface area contributed by atoms with Crippen LogP contribution < -0.4 is 5.32 Å². The van der Waals surface area contributed by atoms with Crippen LogP contribution in [0.1, 0.15) is 36.7 Å². The number of hydrogen-bond donors (Lipinski definition) is 1. The van der Waals surface area contributed by atoms with E-state index in [1.54, 1.807) is 12.1 Å². The van der Waals surface area contributed by atoms with E-state index in [4.69, 9.17) is 23.2 Å². The number of nitrogens with one attached hydrogen (secondary N) is 1. The standard InChI is InChI=1S/C13H16Cl2N2O/c1-8-3-2-4-9(8)7-16-13(18)12-10(14)5-6-11(15)17-12/h5-6,8-9H,2-4,7H2,1H3,(H,16,18). The molecule has 1 aliphatic carbocycles. The summed E-state index contributed by atoms with van der Waals surface area (Å²) in [5, 5.41) is 3.50. The Labute approximate surface area is 117 Å². The van der Waals surface area contributed by atoms with Crippen LogP contribution in [0.3, 0.4) is 0 Å². The molecule has 1 fully saturated rings. The van der Waals surface area contributed by atoms with Gasteiger partial charge in [-0.05, 0) is 30.4 Å². The third kappa shape index (κ3) is 3.15. The highest BCUT2D eigenvalue weighted by atomic mass is 35.5. The molecule has 2 rings (SSSR count). The predicted molar refractivity (Wildman–Crippen MR) is 73.1 cm³/mol. The molecule has 98 valence electrons. The molecule has 18 heavy (non-hydrogen) atoms. The topological polar surface area (TPSA) is 42.0 Å². The Morgan fingerprint density at radius 3 is 2.89 bits per heavy atom. The largest absolute Gasteiger partial charge is 0.350 e. The van der Waals surface area contributed by atoms with Gasteiger partial charge in [-0.2, -0.15) is 0 Å². The lowest BCUT2D eigenvalue weighted by Crippen LogP contribution is -2.31. The Morgan fingerprint density at radius 2 is 2.22 bits per heavy atom. The molecule has 0 saturated heterocycles. The number of nitrogens with zero attached hydrogens (tertiary/aromatic N) is 1. The van der Waals surface area contributed by atoms with Crippen LogP contribution in [0.4, 0.5) is 0 Å². The molecule has 1 saturated carbocycles. The quantitative estimate of drug-likeness (QED) is 0.864. The average Bonchev–Trinajstić information content (AvgIpc) is 2.75. The van der Waals surface area contributed by atoms with Crippen LogP contribution in [-0.4, -0.2) is 17.4 Å². The van der Waals surface area contributed by atoms with E-state index in [2.05, 4.69) is 17.2 Å². The van der Waals surface area contributed by atoms with E-state index in [1.807, 2.05) is 0 Å². The zero-order chi connectivity index (χ0) is 13.1. The van der Waals surface area contributed by atoms with Gasteiger partial charge >= 0.3 is 0 Å². The van der Waals surface area contributed by atoms with Crippen molar-refractivity contribution < 1.29 is 4.79 Å². The lowest BCUT2D eigenvalue weighted by molar-refractivity contribution is 0.0940. The molecule has 2 atom stereocenters. The minimum absolute atomic E-state index is 0.204. The van der Waals surface area contributed by atoms with Gasteiger partial charge < -0.3 is 5.32 Å². The van der Waals surface area contributed by atoms with E-state index in [9.17, 15) is 4.79 Å². The Kier molecular flexibility index (Phi) is 4.46. The number of carbonyl (C=O) groups excluding carboxylic acids is 1. The molecular weight excluding hydrogens is 271 g/mol. The third-order valence-corrected chi connectivity index (χ3v) is 4.11. The number of pyridine rings is 1. The van der Waals surface area contributed by atoms with Crippen molar-refractivity contribution in [3.63, 3.8) is 0 Å². The molecule has 2 unspecified atom stereocenters. The summed E-state index contributed by atoms with van der Waals surface area (Å²) in [7, 11) is 0. The van der Waals surface area contributed by atoms with Crippen LogP contribution in [0.25, 0.3) is 0 Å². The minimum atomic E-state index is -0.249. The summed E-state index contributed by atoms with van der Waals surface area (Å²) < 4.78 is 0. The molecule has 1 amide bonds. The summed E-state index contributed by atoms with van der Waals surface area (Å²) in [4.78, 5) is 15.9. The maximum absolute atomic E-state index is 12.0. The van der Waals surface area contributed by atoms with Gasteiger partial charge in [-0.3, -0.25) is 4.79 Å².